The molecule has 0 unspecified atom stereocenters. The number of aryl methyl sites for hydroxylation is 2. The summed E-state index contributed by atoms with van der Waals surface area (Å²) < 4.78 is 39.7. The van der Waals surface area contributed by atoms with Crippen LogP contribution >= 0.6 is 11.6 Å². The van der Waals surface area contributed by atoms with E-state index in [9.17, 15) is 18.0 Å². The van der Waals surface area contributed by atoms with Crippen molar-refractivity contribution >= 4 is 17.4 Å². The van der Waals surface area contributed by atoms with Gasteiger partial charge in [-0.05, 0) is 49.2 Å². The van der Waals surface area contributed by atoms with E-state index in [0.717, 1.165) is 17.2 Å². The summed E-state index contributed by atoms with van der Waals surface area (Å²) in [6.07, 6.45) is 0. The van der Waals surface area contributed by atoms with E-state index in [0.29, 0.717) is 6.07 Å². The molecule has 0 radical (unpaired) electrons. The summed E-state index contributed by atoms with van der Waals surface area (Å²) in [5, 5.41) is 0.141. The Morgan fingerprint density at radius 3 is 2.20 bits per heavy atom. The Balaban J connectivity index is 2.58. The Hall–Kier alpha value is -1.81. The SMILES string of the molecule is Cc1cc(Cl)c(C(=O)c2ccc(F)c(F)c2F)cc1C. The molecule has 20 heavy (non-hydrogen) atoms. The third kappa shape index (κ3) is 2.43. The van der Waals surface area contributed by atoms with Gasteiger partial charge in [0.15, 0.2) is 23.2 Å². The quantitative estimate of drug-likeness (QED) is 0.585. The summed E-state index contributed by atoms with van der Waals surface area (Å²) in [5.74, 6) is -5.31. The molecule has 1 nitrogen and oxygen atoms in total. The van der Waals surface area contributed by atoms with Crippen LogP contribution < -0.4 is 0 Å². The molecule has 0 aliphatic heterocycles. The summed E-state index contributed by atoms with van der Waals surface area (Å²) in [6, 6.07) is 4.69. The maximum absolute atomic E-state index is 13.6. The van der Waals surface area contributed by atoms with Crippen molar-refractivity contribution < 1.29 is 18.0 Å². The fourth-order valence-corrected chi connectivity index (χ4v) is 2.11. The second kappa shape index (κ2) is 5.29. The lowest BCUT2D eigenvalue weighted by Crippen LogP contribution is -2.08. The minimum Gasteiger partial charge on any atom is -0.288 e. The van der Waals surface area contributed by atoms with Crippen molar-refractivity contribution in [3.05, 3.63) is 69.0 Å². The third-order valence-electron chi connectivity index (χ3n) is 3.11. The van der Waals surface area contributed by atoms with E-state index in [1.807, 2.05) is 6.92 Å². The largest absolute Gasteiger partial charge is 0.288 e. The lowest BCUT2D eigenvalue weighted by Gasteiger charge is -2.09. The number of hydrogen-bond acceptors (Lipinski definition) is 1. The van der Waals surface area contributed by atoms with Crippen LogP contribution in [0.1, 0.15) is 27.0 Å². The van der Waals surface area contributed by atoms with Crippen LogP contribution in [0.2, 0.25) is 5.02 Å². The van der Waals surface area contributed by atoms with Gasteiger partial charge in [0.1, 0.15) is 0 Å². The van der Waals surface area contributed by atoms with Gasteiger partial charge >= 0.3 is 0 Å². The van der Waals surface area contributed by atoms with E-state index in [4.69, 9.17) is 11.6 Å². The van der Waals surface area contributed by atoms with Gasteiger partial charge in [0.2, 0.25) is 0 Å². The first-order valence-corrected chi connectivity index (χ1v) is 6.15. The van der Waals surface area contributed by atoms with Crippen molar-refractivity contribution in [2.24, 2.45) is 0 Å². The molecule has 0 aliphatic rings. The molecule has 0 aromatic heterocycles. The number of hydrogen-bond donors (Lipinski definition) is 0. The maximum atomic E-state index is 13.6. The first kappa shape index (κ1) is 14.6. The average molecular weight is 299 g/mol. The van der Waals surface area contributed by atoms with E-state index in [1.165, 1.54) is 6.07 Å². The molecule has 0 aliphatic carbocycles. The minimum absolute atomic E-state index is 0.0553. The molecular formula is C15H10ClF3O. The summed E-state index contributed by atoms with van der Waals surface area (Å²) in [5.41, 5.74) is 1.17. The highest BCUT2D eigenvalue weighted by Gasteiger charge is 2.22. The number of halogens is 4. The van der Waals surface area contributed by atoms with Gasteiger partial charge in [-0.1, -0.05) is 11.6 Å². The molecule has 5 heteroatoms. The van der Waals surface area contributed by atoms with Gasteiger partial charge in [0, 0.05) is 5.56 Å². The van der Waals surface area contributed by atoms with Crippen LogP contribution in [0.4, 0.5) is 13.2 Å². The van der Waals surface area contributed by atoms with E-state index in [2.05, 4.69) is 0 Å². The summed E-state index contributed by atoms with van der Waals surface area (Å²) in [4.78, 5) is 12.2. The van der Waals surface area contributed by atoms with Gasteiger partial charge in [-0.25, -0.2) is 13.2 Å². The number of ketones is 1. The van der Waals surface area contributed by atoms with Gasteiger partial charge in [0.25, 0.3) is 0 Å². The van der Waals surface area contributed by atoms with Crippen molar-refractivity contribution in [3.63, 3.8) is 0 Å². The number of benzene rings is 2. The third-order valence-corrected chi connectivity index (χ3v) is 3.42. The molecule has 104 valence electrons. The molecular weight excluding hydrogens is 289 g/mol. The Bertz CT molecular complexity index is 707. The Labute approximate surface area is 119 Å². The Kier molecular flexibility index (Phi) is 3.86. The van der Waals surface area contributed by atoms with E-state index in [1.54, 1.807) is 13.0 Å². The van der Waals surface area contributed by atoms with Crippen molar-refractivity contribution in [2.75, 3.05) is 0 Å². The highest BCUT2D eigenvalue weighted by atomic mass is 35.5. The number of rotatable bonds is 2. The first-order chi connectivity index (χ1) is 9.32. The molecule has 0 spiro atoms. The zero-order chi connectivity index (χ0) is 15.0. The van der Waals surface area contributed by atoms with Crippen LogP contribution in [0.25, 0.3) is 0 Å². The van der Waals surface area contributed by atoms with Crippen molar-refractivity contribution in [3.8, 4) is 0 Å². The molecule has 2 rings (SSSR count). The van der Waals surface area contributed by atoms with Crippen molar-refractivity contribution in [2.45, 2.75) is 13.8 Å². The molecule has 2 aromatic carbocycles. The smallest absolute Gasteiger partial charge is 0.197 e. The predicted molar refractivity (Wildman–Crippen MR) is 70.7 cm³/mol. The second-order valence-corrected chi connectivity index (χ2v) is 4.88. The highest BCUT2D eigenvalue weighted by molar-refractivity contribution is 6.35. The number of carbonyl (C=O) groups is 1. The number of carbonyl (C=O) groups excluding carboxylic acids is 1. The summed E-state index contributed by atoms with van der Waals surface area (Å²) >= 11 is 5.96. The monoisotopic (exact) mass is 298 g/mol. The second-order valence-electron chi connectivity index (χ2n) is 4.47. The zero-order valence-corrected chi connectivity index (χ0v) is 11.5. The average Bonchev–Trinajstić information content (AvgIpc) is 2.40. The molecule has 0 N–H and O–H groups in total. The van der Waals surface area contributed by atoms with Crippen LogP contribution in [-0.4, -0.2) is 5.78 Å². The minimum atomic E-state index is -1.67. The molecule has 0 bridgehead atoms. The highest BCUT2D eigenvalue weighted by Crippen LogP contribution is 2.25. The van der Waals surface area contributed by atoms with Gasteiger partial charge in [-0.3, -0.25) is 4.79 Å². The fraction of sp³-hybridized carbons (Fsp3) is 0.133. The van der Waals surface area contributed by atoms with Crippen molar-refractivity contribution in [1.29, 1.82) is 0 Å². The van der Waals surface area contributed by atoms with Crippen LogP contribution in [0, 0.1) is 31.3 Å². The topological polar surface area (TPSA) is 17.1 Å². The fourth-order valence-electron chi connectivity index (χ4n) is 1.80. The van der Waals surface area contributed by atoms with Gasteiger partial charge in [0.05, 0.1) is 10.6 Å². The molecule has 0 atom stereocenters. The van der Waals surface area contributed by atoms with Crippen LogP contribution in [0.5, 0.6) is 0 Å². The van der Waals surface area contributed by atoms with E-state index < -0.39 is 28.8 Å². The molecule has 0 amide bonds. The van der Waals surface area contributed by atoms with Crippen LogP contribution in [0.15, 0.2) is 24.3 Å². The zero-order valence-electron chi connectivity index (χ0n) is 10.7. The lowest BCUT2D eigenvalue weighted by molar-refractivity contribution is 0.103. The molecule has 2 aromatic rings. The lowest BCUT2D eigenvalue weighted by atomic mass is 9.98. The first-order valence-electron chi connectivity index (χ1n) is 5.78. The van der Waals surface area contributed by atoms with Crippen LogP contribution in [0.3, 0.4) is 0 Å². The maximum Gasteiger partial charge on any atom is 0.197 e. The molecule has 0 saturated carbocycles. The summed E-state index contributed by atoms with van der Waals surface area (Å²) in [7, 11) is 0. The Morgan fingerprint density at radius 1 is 0.950 bits per heavy atom. The normalized spacial score (nSPS) is 10.7. The van der Waals surface area contributed by atoms with E-state index >= 15 is 0 Å². The van der Waals surface area contributed by atoms with Gasteiger partial charge in [-0.2, -0.15) is 0 Å². The Morgan fingerprint density at radius 2 is 1.55 bits per heavy atom. The van der Waals surface area contributed by atoms with Crippen molar-refractivity contribution in [1.82, 2.24) is 0 Å². The van der Waals surface area contributed by atoms with E-state index in [-0.39, 0.29) is 10.6 Å². The molecule has 0 heterocycles. The summed E-state index contributed by atoms with van der Waals surface area (Å²) in [6.45, 7) is 3.58. The molecule has 0 fully saturated rings. The van der Waals surface area contributed by atoms with Gasteiger partial charge < -0.3 is 0 Å². The predicted octanol–water partition coefficient (Wildman–Crippen LogP) is 4.61. The molecule has 0 saturated heterocycles. The van der Waals surface area contributed by atoms with Gasteiger partial charge in [-0.15, -0.1) is 0 Å². The van der Waals surface area contributed by atoms with Crippen LogP contribution in [-0.2, 0) is 0 Å². The standard InChI is InChI=1S/C15H10ClF3O/c1-7-5-10(11(16)6-8(7)2)15(20)9-3-4-12(17)14(19)13(9)18/h3-6H,1-2H3.